The van der Waals surface area contributed by atoms with Crippen molar-refractivity contribution in [2.75, 3.05) is 0 Å². The van der Waals surface area contributed by atoms with Crippen LogP contribution in [0, 0.1) is 5.82 Å². The van der Waals surface area contributed by atoms with Crippen LogP contribution in [-0.4, -0.2) is 5.11 Å². The van der Waals surface area contributed by atoms with E-state index in [0.29, 0.717) is 0 Å². The summed E-state index contributed by atoms with van der Waals surface area (Å²) in [5.74, 6) is -0.807. The first-order valence-corrected chi connectivity index (χ1v) is 3.84. The van der Waals surface area contributed by atoms with Crippen molar-refractivity contribution in [3.05, 3.63) is 28.5 Å². The normalized spacial score (nSPS) is 13.0. The lowest BCUT2D eigenvalue weighted by Gasteiger charge is -2.09. The van der Waals surface area contributed by atoms with Gasteiger partial charge < -0.3 is 10.8 Å². The summed E-state index contributed by atoms with van der Waals surface area (Å²) in [5, 5.41) is 9.18. The Morgan fingerprint density at radius 2 is 2.17 bits per heavy atom. The predicted molar refractivity (Wildman–Crippen MR) is 45.7 cm³/mol. The minimum absolute atomic E-state index is 0.0277. The van der Waals surface area contributed by atoms with E-state index in [1.807, 2.05) is 0 Å². The van der Waals surface area contributed by atoms with Crippen LogP contribution in [0.2, 0.25) is 5.02 Å². The van der Waals surface area contributed by atoms with Crippen LogP contribution in [0.1, 0.15) is 18.5 Å². The first-order chi connectivity index (χ1) is 5.54. The standard InChI is InChI=1S/C8H9ClFNO/c1-4(11)7-6(12)3-2-5(9)8(7)10/h2-4,12H,11H2,1H3. The van der Waals surface area contributed by atoms with Crippen molar-refractivity contribution >= 4 is 11.6 Å². The molecule has 0 spiro atoms. The molecule has 0 aromatic heterocycles. The van der Waals surface area contributed by atoms with Gasteiger partial charge in [-0.15, -0.1) is 0 Å². The van der Waals surface area contributed by atoms with Crippen LogP contribution in [0.15, 0.2) is 12.1 Å². The number of rotatable bonds is 1. The number of hydrogen-bond acceptors (Lipinski definition) is 2. The molecular formula is C8H9ClFNO. The number of aromatic hydroxyl groups is 1. The molecule has 0 heterocycles. The Hall–Kier alpha value is -0.800. The molecule has 0 amide bonds. The van der Waals surface area contributed by atoms with Crippen molar-refractivity contribution in [3.8, 4) is 5.75 Å². The Morgan fingerprint density at radius 3 is 2.58 bits per heavy atom. The fourth-order valence-electron chi connectivity index (χ4n) is 0.989. The molecule has 66 valence electrons. The summed E-state index contributed by atoms with van der Waals surface area (Å²) in [6, 6.07) is 2.05. The van der Waals surface area contributed by atoms with Gasteiger partial charge in [0.1, 0.15) is 11.6 Å². The average Bonchev–Trinajstić information content (AvgIpc) is 1.97. The number of phenolic OH excluding ortho intramolecular Hbond substituents is 1. The van der Waals surface area contributed by atoms with Gasteiger partial charge in [-0.05, 0) is 19.1 Å². The maximum absolute atomic E-state index is 13.1. The molecule has 0 saturated carbocycles. The van der Waals surface area contributed by atoms with Gasteiger partial charge >= 0.3 is 0 Å². The summed E-state index contributed by atoms with van der Waals surface area (Å²) < 4.78 is 13.1. The SMILES string of the molecule is CC(N)c1c(O)ccc(Cl)c1F. The summed E-state index contributed by atoms with van der Waals surface area (Å²) in [7, 11) is 0. The largest absolute Gasteiger partial charge is 0.507 e. The number of nitrogens with two attached hydrogens (primary N) is 1. The third-order valence-electron chi connectivity index (χ3n) is 1.56. The molecule has 0 aliphatic carbocycles. The molecular weight excluding hydrogens is 181 g/mol. The molecule has 1 rings (SSSR count). The highest BCUT2D eigenvalue weighted by molar-refractivity contribution is 6.30. The van der Waals surface area contributed by atoms with Gasteiger partial charge in [0, 0.05) is 11.6 Å². The average molecular weight is 190 g/mol. The maximum atomic E-state index is 13.1. The van der Waals surface area contributed by atoms with Crippen LogP contribution in [0.4, 0.5) is 4.39 Å². The van der Waals surface area contributed by atoms with Gasteiger partial charge in [-0.1, -0.05) is 11.6 Å². The van der Waals surface area contributed by atoms with Crippen LogP contribution in [0.5, 0.6) is 5.75 Å². The van der Waals surface area contributed by atoms with Gasteiger partial charge in [0.15, 0.2) is 0 Å². The summed E-state index contributed by atoms with van der Waals surface area (Å²) in [6.45, 7) is 1.58. The van der Waals surface area contributed by atoms with Crippen LogP contribution in [0.25, 0.3) is 0 Å². The van der Waals surface area contributed by atoms with Crippen molar-refractivity contribution in [2.45, 2.75) is 13.0 Å². The second kappa shape index (κ2) is 3.29. The van der Waals surface area contributed by atoms with E-state index in [2.05, 4.69) is 0 Å². The smallest absolute Gasteiger partial charge is 0.150 e. The van der Waals surface area contributed by atoms with Crippen molar-refractivity contribution in [2.24, 2.45) is 5.73 Å². The molecule has 0 bridgehead atoms. The zero-order valence-electron chi connectivity index (χ0n) is 6.51. The van der Waals surface area contributed by atoms with Crippen molar-refractivity contribution in [1.29, 1.82) is 0 Å². The molecule has 12 heavy (non-hydrogen) atoms. The molecule has 3 N–H and O–H groups in total. The topological polar surface area (TPSA) is 46.2 Å². The zero-order valence-corrected chi connectivity index (χ0v) is 7.27. The first-order valence-electron chi connectivity index (χ1n) is 3.46. The summed E-state index contributed by atoms with van der Waals surface area (Å²) >= 11 is 5.49. The third-order valence-corrected chi connectivity index (χ3v) is 1.86. The molecule has 1 aromatic rings. The molecule has 0 fully saturated rings. The molecule has 0 saturated heterocycles. The molecule has 0 aliphatic rings. The van der Waals surface area contributed by atoms with Crippen molar-refractivity contribution < 1.29 is 9.50 Å². The molecule has 2 nitrogen and oxygen atoms in total. The van der Waals surface area contributed by atoms with Gasteiger partial charge in [-0.3, -0.25) is 0 Å². The lowest BCUT2D eigenvalue weighted by atomic mass is 10.1. The maximum Gasteiger partial charge on any atom is 0.150 e. The van der Waals surface area contributed by atoms with Gasteiger partial charge in [0.2, 0.25) is 0 Å². The van der Waals surface area contributed by atoms with E-state index in [1.165, 1.54) is 12.1 Å². The highest BCUT2D eigenvalue weighted by Crippen LogP contribution is 2.29. The lowest BCUT2D eigenvalue weighted by molar-refractivity contribution is 0.452. The van der Waals surface area contributed by atoms with Gasteiger partial charge in [0.25, 0.3) is 0 Å². The highest BCUT2D eigenvalue weighted by atomic mass is 35.5. The zero-order chi connectivity index (χ0) is 9.30. The van der Waals surface area contributed by atoms with E-state index in [9.17, 15) is 9.50 Å². The Labute approximate surface area is 74.8 Å². The van der Waals surface area contributed by atoms with E-state index in [-0.39, 0.29) is 16.3 Å². The Balaban J connectivity index is 3.33. The van der Waals surface area contributed by atoms with Crippen LogP contribution in [0.3, 0.4) is 0 Å². The van der Waals surface area contributed by atoms with Gasteiger partial charge in [-0.2, -0.15) is 0 Å². The monoisotopic (exact) mass is 189 g/mol. The quantitative estimate of drug-likeness (QED) is 0.712. The molecule has 4 heteroatoms. The van der Waals surface area contributed by atoms with E-state index >= 15 is 0 Å². The first kappa shape index (κ1) is 9.29. The number of halogens is 2. The molecule has 0 aliphatic heterocycles. The van der Waals surface area contributed by atoms with Gasteiger partial charge in [0.05, 0.1) is 5.02 Å². The Morgan fingerprint density at radius 1 is 1.58 bits per heavy atom. The van der Waals surface area contributed by atoms with E-state index in [0.717, 1.165) is 0 Å². The fourth-order valence-corrected chi connectivity index (χ4v) is 1.15. The highest BCUT2D eigenvalue weighted by Gasteiger charge is 2.14. The second-order valence-electron chi connectivity index (χ2n) is 2.58. The Bertz CT molecular complexity index is 301. The van der Waals surface area contributed by atoms with Crippen LogP contribution < -0.4 is 5.73 Å². The van der Waals surface area contributed by atoms with Crippen molar-refractivity contribution in [1.82, 2.24) is 0 Å². The van der Waals surface area contributed by atoms with Crippen LogP contribution in [-0.2, 0) is 0 Å². The van der Waals surface area contributed by atoms with Crippen LogP contribution >= 0.6 is 11.6 Å². The van der Waals surface area contributed by atoms with E-state index < -0.39 is 11.9 Å². The second-order valence-corrected chi connectivity index (χ2v) is 2.99. The lowest BCUT2D eigenvalue weighted by Crippen LogP contribution is -2.07. The molecule has 0 radical (unpaired) electrons. The minimum Gasteiger partial charge on any atom is -0.507 e. The van der Waals surface area contributed by atoms with Crippen molar-refractivity contribution in [3.63, 3.8) is 0 Å². The van der Waals surface area contributed by atoms with E-state index in [1.54, 1.807) is 6.92 Å². The molecule has 1 unspecified atom stereocenters. The minimum atomic E-state index is -0.647. The molecule has 1 atom stereocenters. The number of benzene rings is 1. The predicted octanol–water partition coefficient (Wildman–Crippen LogP) is 2.20. The fraction of sp³-hybridized carbons (Fsp3) is 0.250. The third kappa shape index (κ3) is 1.52. The summed E-state index contributed by atoms with van der Waals surface area (Å²) in [5.41, 5.74) is 5.48. The summed E-state index contributed by atoms with van der Waals surface area (Å²) in [6.07, 6.45) is 0. The number of hydrogen-bond donors (Lipinski definition) is 2. The van der Waals surface area contributed by atoms with E-state index in [4.69, 9.17) is 17.3 Å². The Kier molecular flexibility index (Phi) is 2.55. The number of phenols is 1. The van der Waals surface area contributed by atoms with Gasteiger partial charge in [-0.25, -0.2) is 4.39 Å². The molecule has 1 aromatic carbocycles. The summed E-state index contributed by atoms with van der Waals surface area (Å²) in [4.78, 5) is 0.